The molecule has 0 unspecified atom stereocenters. The predicted octanol–water partition coefficient (Wildman–Crippen LogP) is 2.64. The van der Waals surface area contributed by atoms with Crippen LogP contribution in [0.25, 0.3) is 21.8 Å². The number of halogens is 1. The molecule has 0 aliphatic rings. The molecule has 0 spiro atoms. The molecular weight excluding hydrogens is 424 g/mol. The zero-order valence-electron chi connectivity index (χ0n) is 17.5. The first-order chi connectivity index (χ1) is 13.7. The number of hydrogen-bond acceptors (Lipinski definition) is 1. The van der Waals surface area contributed by atoms with Gasteiger partial charge in [0.2, 0.25) is 5.69 Å². The van der Waals surface area contributed by atoms with E-state index in [0.717, 1.165) is 38.3 Å². The van der Waals surface area contributed by atoms with Crippen molar-refractivity contribution in [3.63, 3.8) is 0 Å². The van der Waals surface area contributed by atoms with Crippen molar-refractivity contribution >= 4 is 21.8 Å². The minimum Gasteiger partial charge on any atom is -1.00 e. The minimum absolute atomic E-state index is 0. The smallest absolute Gasteiger partial charge is 0.203 e. The van der Waals surface area contributed by atoms with Crippen LogP contribution in [0.5, 0.6) is 5.75 Å². The molecule has 4 aromatic rings. The molecule has 0 saturated heterocycles. The van der Waals surface area contributed by atoms with E-state index >= 15 is 0 Å². The second-order valence-electron chi connectivity index (χ2n) is 7.40. The lowest BCUT2D eigenvalue weighted by Gasteiger charge is -2.08. The molecule has 0 aliphatic heterocycles. The fraction of sp³-hybridized carbons (Fsp3) is 0.320. The lowest BCUT2D eigenvalue weighted by atomic mass is 10.1. The van der Waals surface area contributed by atoms with Crippen LogP contribution >= 0.6 is 0 Å². The molecule has 2 aromatic carbocycles. The molecule has 4 rings (SSSR count). The lowest BCUT2D eigenvalue weighted by molar-refractivity contribution is -0.693. The van der Waals surface area contributed by atoms with E-state index in [-0.39, 0.29) is 17.0 Å². The van der Waals surface area contributed by atoms with Crippen LogP contribution in [0.3, 0.4) is 0 Å². The largest absolute Gasteiger partial charge is 1.00 e. The highest BCUT2D eigenvalue weighted by Crippen LogP contribution is 2.32. The summed E-state index contributed by atoms with van der Waals surface area (Å²) in [5, 5.41) is 2.62. The number of unbranched alkanes of at least 4 members (excludes halogenated alkanes) is 1. The van der Waals surface area contributed by atoms with Crippen LogP contribution < -0.4 is 26.3 Å². The van der Waals surface area contributed by atoms with Gasteiger partial charge in [0.15, 0.2) is 12.7 Å². The fourth-order valence-electron chi connectivity index (χ4n) is 4.03. The first kappa shape index (κ1) is 21.4. The van der Waals surface area contributed by atoms with Crippen LogP contribution in [0.15, 0.2) is 60.8 Å². The summed E-state index contributed by atoms with van der Waals surface area (Å²) in [5.74, 6) is 0.966. The number of nitrogens with zero attached hydrogens (tertiary/aromatic N) is 2. The molecule has 0 bridgehead atoms. The van der Waals surface area contributed by atoms with E-state index in [1.807, 2.05) is 0 Å². The topological polar surface area (TPSA) is 18.0 Å². The molecule has 0 fully saturated rings. The summed E-state index contributed by atoms with van der Waals surface area (Å²) in [6, 6.07) is 19.4. The number of benzene rings is 2. The fourth-order valence-corrected chi connectivity index (χ4v) is 4.03. The van der Waals surface area contributed by atoms with Gasteiger partial charge in [0, 0.05) is 41.9 Å². The maximum atomic E-state index is 5.96. The van der Waals surface area contributed by atoms with E-state index in [9.17, 15) is 0 Å². The number of ether oxygens (including phenoxy) is 1. The zero-order chi connectivity index (χ0) is 19.5. The van der Waals surface area contributed by atoms with E-state index in [2.05, 4.69) is 90.7 Å². The third-order valence-electron chi connectivity index (χ3n) is 5.55. The molecule has 0 saturated carbocycles. The summed E-state index contributed by atoms with van der Waals surface area (Å²) in [7, 11) is 0. The highest BCUT2D eigenvalue weighted by atomic mass is 79.9. The van der Waals surface area contributed by atoms with Gasteiger partial charge in [-0.15, -0.1) is 0 Å². The van der Waals surface area contributed by atoms with Gasteiger partial charge in [-0.05, 0) is 25.5 Å². The van der Waals surface area contributed by atoms with E-state index in [1.54, 1.807) is 0 Å². The highest BCUT2D eigenvalue weighted by Gasteiger charge is 2.19. The molecular formula is C25H29BrN2O. The molecule has 3 nitrogen and oxygen atoms in total. The normalized spacial score (nSPS) is 11.0. The minimum atomic E-state index is 0. The number of aromatic nitrogens is 2. The first-order valence-electron chi connectivity index (χ1n) is 10.3. The molecule has 0 N–H and O–H groups in total. The van der Waals surface area contributed by atoms with Crippen molar-refractivity contribution in [2.75, 3.05) is 6.61 Å². The van der Waals surface area contributed by atoms with Crippen molar-refractivity contribution < 1.29 is 26.3 Å². The quantitative estimate of drug-likeness (QED) is 0.311. The van der Waals surface area contributed by atoms with Gasteiger partial charge >= 0.3 is 0 Å². The van der Waals surface area contributed by atoms with Crippen molar-refractivity contribution in [1.82, 2.24) is 4.57 Å². The first-order valence-corrected chi connectivity index (χ1v) is 10.3. The standard InChI is InChI=1S/C25H29N2O.BrH/c1-4-6-16-28-21-12-13-22-23-14-15-26(18-20-10-8-7-9-11-20)19(3)25(23)27(5-2)24(22)17-21;/h7-15,17H,4-6,16,18H2,1-3H3;1H/q+1;/p-1. The van der Waals surface area contributed by atoms with Crippen LogP contribution in [0, 0.1) is 6.92 Å². The van der Waals surface area contributed by atoms with Crippen LogP contribution in [0.1, 0.15) is 37.9 Å². The summed E-state index contributed by atoms with van der Waals surface area (Å²) in [5.41, 5.74) is 5.20. The summed E-state index contributed by atoms with van der Waals surface area (Å²) in [4.78, 5) is 0. The number of aryl methyl sites for hydroxylation is 2. The average molecular weight is 453 g/mol. The molecule has 0 amide bonds. The Balaban J connectivity index is 0.00000240. The maximum Gasteiger partial charge on any atom is 0.203 e. The molecule has 29 heavy (non-hydrogen) atoms. The Hall–Kier alpha value is -2.33. The van der Waals surface area contributed by atoms with E-state index in [0.29, 0.717) is 0 Å². The van der Waals surface area contributed by atoms with Gasteiger partial charge in [-0.2, -0.15) is 4.57 Å². The Kier molecular flexibility index (Phi) is 6.96. The summed E-state index contributed by atoms with van der Waals surface area (Å²) < 4.78 is 10.7. The SMILES string of the molecule is CCCCOc1ccc2c3cc[n+](Cc4ccccc4)c(C)c3n(CC)c2c1.[Br-]. The second kappa shape index (κ2) is 9.45. The van der Waals surface area contributed by atoms with E-state index in [1.165, 1.54) is 33.1 Å². The number of pyridine rings is 1. The van der Waals surface area contributed by atoms with Crippen LogP contribution in [0.4, 0.5) is 0 Å². The van der Waals surface area contributed by atoms with Crippen molar-refractivity contribution in [2.45, 2.75) is 46.7 Å². The van der Waals surface area contributed by atoms with E-state index in [4.69, 9.17) is 4.74 Å². The lowest BCUT2D eigenvalue weighted by Crippen LogP contribution is -3.00. The van der Waals surface area contributed by atoms with Crippen molar-refractivity contribution in [1.29, 1.82) is 0 Å². The van der Waals surface area contributed by atoms with Gasteiger partial charge < -0.3 is 26.3 Å². The Labute approximate surface area is 183 Å². The molecule has 0 atom stereocenters. The third kappa shape index (κ3) is 4.18. The van der Waals surface area contributed by atoms with Gasteiger partial charge in [0.1, 0.15) is 11.3 Å². The Morgan fingerprint density at radius 3 is 2.48 bits per heavy atom. The Morgan fingerprint density at radius 1 is 0.966 bits per heavy atom. The average Bonchev–Trinajstić information content (AvgIpc) is 3.04. The van der Waals surface area contributed by atoms with Crippen molar-refractivity contribution in [3.05, 3.63) is 72.1 Å². The molecule has 2 aromatic heterocycles. The van der Waals surface area contributed by atoms with Crippen LogP contribution in [-0.2, 0) is 13.1 Å². The number of fused-ring (bicyclic) bond motifs is 3. The highest BCUT2D eigenvalue weighted by molar-refractivity contribution is 6.08. The van der Waals surface area contributed by atoms with Gasteiger partial charge in [-0.3, -0.25) is 0 Å². The summed E-state index contributed by atoms with van der Waals surface area (Å²) in [6.45, 7) is 9.25. The monoisotopic (exact) mass is 452 g/mol. The van der Waals surface area contributed by atoms with Gasteiger partial charge in [-0.1, -0.05) is 43.7 Å². The van der Waals surface area contributed by atoms with Crippen LogP contribution in [0.2, 0.25) is 0 Å². The Bertz CT molecular complexity index is 1100. The second-order valence-corrected chi connectivity index (χ2v) is 7.40. The van der Waals surface area contributed by atoms with E-state index < -0.39 is 0 Å². The molecule has 0 radical (unpaired) electrons. The zero-order valence-corrected chi connectivity index (χ0v) is 19.1. The van der Waals surface area contributed by atoms with Gasteiger partial charge in [-0.25, -0.2) is 0 Å². The molecule has 4 heteroatoms. The van der Waals surface area contributed by atoms with Gasteiger partial charge in [0.05, 0.1) is 12.1 Å². The number of hydrogen-bond donors (Lipinski definition) is 0. The Morgan fingerprint density at radius 2 is 1.76 bits per heavy atom. The molecule has 2 heterocycles. The van der Waals surface area contributed by atoms with Gasteiger partial charge in [0.25, 0.3) is 0 Å². The maximum absolute atomic E-state index is 5.96. The van der Waals surface area contributed by atoms with Crippen LogP contribution in [-0.4, -0.2) is 11.2 Å². The van der Waals surface area contributed by atoms with Crippen molar-refractivity contribution in [2.24, 2.45) is 0 Å². The molecule has 152 valence electrons. The number of rotatable bonds is 7. The molecule has 0 aliphatic carbocycles. The summed E-state index contributed by atoms with van der Waals surface area (Å²) >= 11 is 0. The third-order valence-corrected chi connectivity index (χ3v) is 5.55. The van der Waals surface area contributed by atoms with Crippen molar-refractivity contribution in [3.8, 4) is 5.75 Å². The predicted molar refractivity (Wildman–Crippen MR) is 116 cm³/mol. The summed E-state index contributed by atoms with van der Waals surface area (Å²) in [6.07, 6.45) is 4.46.